The van der Waals surface area contributed by atoms with Crippen molar-refractivity contribution in [3.05, 3.63) is 17.8 Å². The third-order valence-corrected chi connectivity index (χ3v) is 4.45. The third-order valence-electron chi connectivity index (χ3n) is 3.04. The Hall–Kier alpha value is -0.880. The van der Waals surface area contributed by atoms with Gasteiger partial charge in [-0.1, -0.05) is 20.8 Å². The Morgan fingerprint density at radius 2 is 1.96 bits per heavy atom. The van der Waals surface area contributed by atoms with Gasteiger partial charge in [-0.3, -0.25) is 4.99 Å². The molecule has 10 heteroatoms. The van der Waals surface area contributed by atoms with Crippen molar-refractivity contribution in [3.8, 4) is 0 Å². The van der Waals surface area contributed by atoms with Gasteiger partial charge in [0.1, 0.15) is 5.76 Å². The highest BCUT2D eigenvalue weighted by molar-refractivity contribution is 14.0. The molecule has 1 rings (SSSR count). The van der Waals surface area contributed by atoms with Crippen LogP contribution in [-0.2, 0) is 22.0 Å². The quantitative estimate of drug-likeness (QED) is 0.238. The standard InChI is InChI=1S/C14H27N5O3S.HI/c1-6-23(20,21)19-8-7-16-13(15-5)18-10-12-17-9-11(22-12)14(2,3)4;/h9,19H,6-8,10H2,1-5H3,(H2,15,16,18);1H. The van der Waals surface area contributed by atoms with E-state index >= 15 is 0 Å². The molecular weight excluding hydrogens is 445 g/mol. The smallest absolute Gasteiger partial charge is 0.213 e. The highest BCUT2D eigenvalue weighted by atomic mass is 127. The third kappa shape index (κ3) is 8.29. The molecule has 0 aromatic carbocycles. The maximum Gasteiger partial charge on any atom is 0.213 e. The lowest BCUT2D eigenvalue weighted by molar-refractivity contribution is 0.379. The molecule has 0 radical (unpaired) electrons. The Morgan fingerprint density at radius 1 is 1.29 bits per heavy atom. The molecule has 0 aliphatic rings. The zero-order chi connectivity index (χ0) is 17.5. The predicted molar refractivity (Wildman–Crippen MR) is 106 cm³/mol. The van der Waals surface area contributed by atoms with Crippen molar-refractivity contribution in [1.29, 1.82) is 0 Å². The molecule has 1 aromatic rings. The largest absolute Gasteiger partial charge is 0.443 e. The van der Waals surface area contributed by atoms with Gasteiger partial charge in [0.2, 0.25) is 15.9 Å². The van der Waals surface area contributed by atoms with E-state index in [2.05, 4.69) is 46.1 Å². The second kappa shape index (κ2) is 10.2. The summed E-state index contributed by atoms with van der Waals surface area (Å²) in [5.41, 5.74) is -0.0817. The average molecular weight is 473 g/mol. The number of halogens is 1. The number of hydrogen-bond donors (Lipinski definition) is 3. The summed E-state index contributed by atoms with van der Waals surface area (Å²) in [4.78, 5) is 8.29. The van der Waals surface area contributed by atoms with Gasteiger partial charge in [0.25, 0.3) is 0 Å². The fraction of sp³-hybridized carbons (Fsp3) is 0.714. The van der Waals surface area contributed by atoms with Crippen LogP contribution in [0.5, 0.6) is 0 Å². The molecule has 8 nitrogen and oxygen atoms in total. The Labute approximate surface area is 161 Å². The minimum Gasteiger partial charge on any atom is -0.443 e. The maximum atomic E-state index is 11.3. The molecule has 24 heavy (non-hydrogen) atoms. The molecule has 0 aliphatic heterocycles. The molecule has 0 atom stereocenters. The van der Waals surface area contributed by atoms with Crippen LogP contribution < -0.4 is 15.4 Å². The normalized spacial score (nSPS) is 12.6. The van der Waals surface area contributed by atoms with Gasteiger partial charge in [-0.15, -0.1) is 24.0 Å². The second-order valence-electron chi connectivity index (χ2n) is 6.02. The molecule has 0 bridgehead atoms. The second-order valence-corrected chi connectivity index (χ2v) is 8.11. The monoisotopic (exact) mass is 473 g/mol. The van der Waals surface area contributed by atoms with Crippen LogP contribution in [0.15, 0.2) is 15.6 Å². The Balaban J connectivity index is 0.00000529. The number of oxazole rings is 1. The van der Waals surface area contributed by atoms with Crippen LogP contribution in [0.1, 0.15) is 39.3 Å². The number of sulfonamides is 1. The van der Waals surface area contributed by atoms with E-state index in [0.29, 0.717) is 31.5 Å². The van der Waals surface area contributed by atoms with Crippen LogP contribution in [0.4, 0.5) is 0 Å². The zero-order valence-corrected chi connectivity index (χ0v) is 18.0. The molecular formula is C14H28IN5O3S. The van der Waals surface area contributed by atoms with E-state index in [1.165, 1.54) is 0 Å². The van der Waals surface area contributed by atoms with E-state index in [-0.39, 0.29) is 35.1 Å². The van der Waals surface area contributed by atoms with Crippen molar-refractivity contribution >= 4 is 40.0 Å². The van der Waals surface area contributed by atoms with Gasteiger partial charge in [0, 0.05) is 25.6 Å². The van der Waals surface area contributed by atoms with Crippen LogP contribution in [0.3, 0.4) is 0 Å². The number of aliphatic imine (C=N–C) groups is 1. The van der Waals surface area contributed by atoms with Crippen LogP contribution in [-0.4, -0.2) is 45.3 Å². The number of hydrogen-bond acceptors (Lipinski definition) is 5. The van der Waals surface area contributed by atoms with Crippen molar-refractivity contribution < 1.29 is 12.8 Å². The minimum absolute atomic E-state index is 0. The highest BCUT2D eigenvalue weighted by Gasteiger charge is 2.19. The Morgan fingerprint density at radius 3 is 2.46 bits per heavy atom. The lowest BCUT2D eigenvalue weighted by Crippen LogP contribution is -2.41. The molecule has 0 spiro atoms. The minimum atomic E-state index is -3.17. The van der Waals surface area contributed by atoms with Gasteiger partial charge >= 0.3 is 0 Å². The van der Waals surface area contributed by atoms with Crippen LogP contribution in [0.25, 0.3) is 0 Å². The average Bonchev–Trinajstić information content (AvgIpc) is 2.95. The van der Waals surface area contributed by atoms with Crippen molar-refractivity contribution in [1.82, 2.24) is 20.3 Å². The van der Waals surface area contributed by atoms with Gasteiger partial charge in [-0.2, -0.15) is 0 Å². The van der Waals surface area contributed by atoms with E-state index in [4.69, 9.17) is 4.42 Å². The van der Waals surface area contributed by atoms with Gasteiger partial charge in [0.05, 0.1) is 18.5 Å². The summed E-state index contributed by atoms with van der Waals surface area (Å²) < 4.78 is 30.8. The molecule has 0 saturated heterocycles. The van der Waals surface area contributed by atoms with E-state index in [9.17, 15) is 8.42 Å². The molecule has 0 aliphatic carbocycles. The number of guanidine groups is 1. The van der Waals surface area contributed by atoms with Crippen LogP contribution in [0.2, 0.25) is 0 Å². The van der Waals surface area contributed by atoms with E-state index in [0.717, 1.165) is 5.76 Å². The summed E-state index contributed by atoms with van der Waals surface area (Å²) in [6.07, 6.45) is 1.73. The lowest BCUT2D eigenvalue weighted by atomic mass is 9.94. The van der Waals surface area contributed by atoms with Crippen molar-refractivity contribution in [2.45, 2.75) is 39.7 Å². The molecule has 0 saturated carbocycles. The molecule has 0 fully saturated rings. The number of rotatable bonds is 7. The number of nitrogens with zero attached hydrogens (tertiary/aromatic N) is 2. The van der Waals surface area contributed by atoms with Crippen molar-refractivity contribution in [2.24, 2.45) is 4.99 Å². The summed E-state index contributed by atoms with van der Waals surface area (Å²) in [6.45, 7) is 8.89. The topological polar surface area (TPSA) is 109 Å². The lowest BCUT2D eigenvalue weighted by Gasteiger charge is -2.13. The molecule has 0 amide bonds. The van der Waals surface area contributed by atoms with Gasteiger partial charge in [-0.05, 0) is 6.92 Å². The SMILES string of the molecule is CCS(=O)(=O)NCCNC(=NC)NCc1ncc(C(C)(C)C)o1.I. The molecule has 140 valence electrons. The summed E-state index contributed by atoms with van der Waals surface area (Å²) in [7, 11) is -1.53. The first-order valence-corrected chi connectivity index (χ1v) is 9.20. The Kier molecular flexibility index (Phi) is 9.81. The van der Waals surface area contributed by atoms with Crippen molar-refractivity contribution in [2.75, 3.05) is 25.9 Å². The van der Waals surface area contributed by atoms with Gasteiger partial charge in [0.15, 0.2) is 5.96 Å². The van der Waals surface area contributed by atoms with Gasteiger partial charge in [-0.25, -0.2) is 18.1 Å². The first-order chi connectivity index (χ1) is 10.7. The fourth-order valence-electron chi connectivity index (χ4n) is 1.61. The van der Waals surface area contributed by atoms with Crippen molar-refractivity contribution in [3.63, 3.8) is 0 Å². The van der Waals surface area contributed by atoms with E-state index in [1.807, 2.05) is 0 Å². The summed E-state index contributed by atoms with van der Waals surface area (Å²) in [5, 5.41) is 6.08. The molecule has 1 heterocycles. The van der Waals surface area contributed by atoms with E-state index < -0.39 is 10.0 Å². The maximum absolute atomic E-state index is 11.3. The number of nitrogens with one attached hydrogen (secondary N) is 3. The summed E-state index contributed by atoms with van der Waals surface area (Å²) >= 11 is 0. The zero-order valence-electron chi connectivity index (χ0n) is 14.8. The number of aromatic nitrogens is 1. The predicted octanol–water partition coefficient (Wildman–Crippen LogP) is 1.19. The van der Waals surface area contributed by atoms with Crippen LogP contribution in [0, 0.1) is 0 Å². The molecule has 0 unspecified atom stereocenters. The fourth-order valence-corrected chi connectivity index (χ4v) is 2.23. The van der Waals surface area contributed by atoms with Crippen LogP contribution >= 0.6 is 24.0 Å². The van der Waals surface area contributed by atoms with E-state index in [1.54, 1.807) is 20.2 Å². The highest BCUT2D eigenvalue weighted by Crippen LogP contribution is 2.22. The molecule has 1 aromatic heterocycles. The summed E-state index contributed by atoms with van der Waals surface area (Å²) in [6, 6.07) is 0. The molecule has 3 N–H and O–H groups in total. The summed E-state index contributed by atoms with van der Waals surface area (Å²) in [5.74, 6) is 2.02. The first-order valence-electron chi connectivity index (χ1n) is 7.55. The Bertz CT molecular complexity index is 623. The van der Waals surface area contributed by atoms with Gasteiger partial charge < -0.3 is 15.1 Å². The first kappa shape index (κ1) is 23.1.